The maximum atomic E-state index is 5.33. The smallest absolute Gasteiger partial charge is 0.284 e. The first-order valence-corrected chi connectivity index (χ1v) is 4.99. The van der Waals surface area contributed by atoms with Crippen molar-refractivity contribution >= 4 is 12.2 Å². The molecule has 1 aliphatic heterocycles. The first-order valence-electron chi connectivity index (χ1n) is 4.58. The number of nitrogens with one attached hydrogen (secondary N) is 1. The Labute approximate surface area is 90.9 Å². The monoisotopic (exact) mass is 220 g/mol. The van der Waals surface area contributed by atoms with Gasteiger partial charge in [-0.1, -0.05) is 6.07 Å². The van der Waals surface area contributed by atoms with E-state index < -0.39 is 0 Å². The van der Waals surface area contributed by atoms with Crippen molar-refractivity contribution in [1.29, 1.82) is 0 Å². The Hall–Kier alpha value is -1.46. The number of aromatic amines is 1. The van der Waals surface area contributed by atoms with Gasteiger partial charge >= 0.3 is 0 Å². The summed E-state index contributed by atoms with van der Waals surface area (Å²) in [4.78, 5) is 0.293. The highest BCUT2D eigenvalue weighted by Crippen LogP contribution is 2.25. The maximum Gasteiger partial charge on any atom is 0.284 e. The van der Waals surface area contributed by atoms with Crippen LogP contribution in [0.15, 0.2) is 22.6 Å². The molecule has 1 aromatic heterocycles. The zero-order valence-corrected chi connectivity index (χ0v) is 8.63. The van der Waals surface area contributed by atoms with Crippen LogP contribution in [-0.4, -0.2) is 10.2 Å². The Morgan fingerprint density at radius 3 is 2.93 bits per heavy atom. The summed E-state index contributed by atoms with van der Waals surface area (Å²) < 4.78 is 10.6. The van der Waals surface area contributed by atoms with E-state index in [0.29, 0.717) is 23.9 Å². The highest BCUT2D eigenvalue weighted by Gasteiger charge is 2.13. The SMILES string of the molecule is S=c1[nH]nc(-c2ccc3c(c2)COC3)o1. The number of rotatable bonds is 1. The molecule has 1 aromatic carbocycles. The lowest BCUT2D eigenvalue weighted by Crippen LogP contribution is -1.84. The van der Waals surface area contributed by atoms with Crippen molar-refractivity contribution in [3.8, 4) is 11.5 Å². The van der Waals surface area contributed by atoms with Crippen molar-refractivity contribution in [3.05, 3.63) is 34.2 Å². The molecule has 2 heterocycles. The lowest BCUT2D eigenvalue weighted by atomic mass is 10.1. The summed E-state index contributed by atoms with van der Waals surface area (Å²) >= 11 is 4.82. The zero-order valence-electron chi connectivity index (χ0n) is 7.82. The molecule has 1 aliphatic rings. The molecule has 0 fully saturated rings. The molecule has 0 spiro atoms. The normalized spacial score (nSPS) is 14.1. The molecule has 5 heteroatoms. The van der Waals surface area contributed by atoms with Crippen LogP contribution >= 0.6 is 12.2 Å². The number of hydrogen-bond donors (Lipinski definition) is 1. The maximum absolute atomic E-state index is 5.33. The molecule has 0 saturated heterocycles. The van der Waals surface area contributed by atoms with Gasteiger partial charge in [-0.15, -0.1) is 5.10 Å². The summed E-state index contributed by atoms with van der Waals surface area (Å²) in [6.45, 7) is 1.36. The Morgan fingerprint density at radius 2 is 2.13 bits per heavy atom. The molecule has 1 N–H and O–H groups in total. The minimum atomic E-state index is 0.293. The predicted octanol–water partition coefficient (Wildman–Crippen LogP) is 2.43. The highest BCUT2D eigenvalue weighted by molar-refractivity contribution is 7.71. The number of fused-ring (bicyclic) bond motifs is 1. The first-order chi connectivity index (χ1) is 7.33. The molecular formula is C10H8N2O2S. The van der Waals surface area contributed by atoms with E-state index in [1.165, 1.54) is 11.1 Å². The molecule has 0 unspecified atom stereocenters. The van der Waals surface area contributed by atoms with Crippen LogP contribution in [0, 0.1) is 4.84 Å². The number of ether oxygens (including phenoxy) is 1. The summed E-state index contributed by atoms with van der Waals surface area (Å²) in [6.07, 6.45) is 0. The van der Waals surface area contributed by atoms with Crippen molar-refractivity contribution < 1.29 is 9.15 Å². The van der Waals surface area contributed by atoms with Gasteiger partial charge in [0, 0.05) is 5.56 Å². The van der Waals surface area contributed by atoms with Gasteiger partial charge in [-0.25, -0.2) is 5.10 Å². The molecule has 2 aromatic rings. The zero-order chi connectivity index (χ0) is 10.3. The topological polar surface area (TPSA) is 51.0 Å². The molecule has 0 aliphatic carbocycles. The van der Waals surface area contributed by atoms with E-state index in [-0.39, 0.29) is 0 Å². The molecule has 3 rings (SSSR count). The van der Waals surface area contributed by atoms with Crippen LogP contribution in [-0.2, 0) is 18.0 Å². The second kappa shape index (κ2) is 3.29. The number of benzene rings is 1. The summed E-state index contributed by atoms with van der Waals surface area (Å²) in [5.74, 6) is 0.523. The molecule has 0 amide bonds. The predicted molar refractivity (Wildman–Crippen MR) is 55.6 cm³/mol. The van der Waals surface area contributed by atoms with Crippen molar-refractivity contribution in [1.82, 2.24) is 10.2 Å². The third-order valence-corrected chi connectivity index (χ3v) is 2.58. The Morgan fingerprint density at radius 1 is 1.27 bits per heavy atom. The fourth-order valence-corrected chi connectivity index (χ4v) is 1.78. The Bertz CT molecular complexity index is 559. The minimum Gasteiger partial charge on any atom is -0.409 e. The van der Waals surface area contributed by atoms with E-state index in [0.717, 1.165) is 5.56 Å². The summed E-state index contributed by atoms with van der Waals surface area (Å²) in [5, 5.41) is 6.58. The summed E-state index contributed by atoms with van der Waals surface area (Å²) in [5.41, 5.74) is 3.34. The van der Waals surface area contributed by atoms with Gasteiger partial charge in [-0.2, -0.15) is 0 Å². The summed E-state index contributed by atoms with van der Waals surface area (Å²) in [6, 6.07) is 6.02. The lowest BCUT2D eigenvalue weighted by Gasteiger charge is -1.98. The fraction of sp³-hybridized carbons (Fsp3) is 0.200. The van der Waals surface area contributed by atoms with Crippen LogP contribution in [0.4, 0.5) is 0 Å². The molecule has 4 nitrogen and oxygen atoms in total. The fourth-order valence-electron chi connectivity index (χ4n) is 1.66. The van der Waals surface area contributed by atoms with E-state index in [4.69, 9.17) is 21.4 Å². The third-order valence-electron chi connectivity index (χ3n) is 2.41. The first kappa shape index (κ1) is 8.82. The lowest BCUT2D eigenvalue weighted by molar-refractivity contribution is 0.134. The van der Waals surface area contributed by atoms with Crippen molar-refractivity contribution in [2.45, 2.75) is 13.2 Å². The Kier molecular flexibility index (Phi) is 1.93. The molecular weight excluding hydrogens is 212 g/mol. The average Bonchev–Trinajstić information content (AvgIpc) is 2.84. The third kappa shape index (κ3) is 1.49. The second-order valence-electron chi connectivity index (χ2n) is 3.39. The van der Waals surface area contributed by atoms with Crippen LogP contribution in [0.1, 0.15) is 11.1 Å². The van der Waals surface area contributed by atoms with Gasteiger partial charge in [0.1, 0.15) is 0 Å². The molecule has 15 heavy (non-hydrogen) atoms. The quantitative estimate of drug-likeness (QED) is 0.750. The number of nitrogens with zero attached hydrogens (tertiary/aromatic N) is 1. The van der Waals surface area contributed by atoms with E-state index in [2.05, 4.69) is 10.2 Å². The van der Waals surface area contributed by atoms with E-state index in [9.17, 15) is 0 Å². The van der Waals surface area contributed by atoms with Crippen molar-refractivity contribution in [2.24, 2.45) is 0 Å². The minimum absolute atomic E-state index is 0.293. The van der Waals surface area contributed by atoms with Gasteiger partial charge in [-0.05, 0) is 35.5 Å². The van der Waals surface area contributed by atoms with Gasteiger partial charge in [0.15, 0.2) is 0 Å². The summed E-state index contributed by atoms with van der Waals surface area (Å²) in [7, 11) is 0. The Balaban J connectivity index is 2.10. The number of hydrogen-bond acceptors (Lipinski definition) is 4. The van der Waals surface area contributed by atoms with E-state index in [1.807, 2.05) is 18.2 Å². The van der Waals surface area contributed by atoms with Gasteiger partial charge in [-0.3, -0.25) is 0 Å². The molecule has 0 radical (unpaired) electrons. The van der Waals surface area contributed by atoms with E-state index >= 15 is 0 Å². The average molecular weight is 220 g/mol. The molecule has 0 bridgehead atoms. The molecule has 76 valence electrons. The molecule has 0 saturated carbocycles. The van der Waals surface area contributed by atoms with Crippen LogP contribution < -0.4 is 0 Å². The number of aromatic nitrogens is 2. The van der Waals surface area contributed by atoms with Crippen LogP contribution in [0.5, 0.6) is 0 Å². The van der Waals surface area contributed by atoms with Gasteiger partial charge < -0.3 is 9.15 Å². The van der Waals surface area contributed by atoms with Crippen LogP contribution in [0.2, 0.25) is 0 Å². The van der Waals surface area contributed by atoms with Gasteiger partial charge in [0.2, 0.25) is 5.89 Å². The highest BCUT2D eigenvalue weighted by atomic mass is 32.1. The largest absolute Gasteiger partial charge is 0.409 e. The van der Waals surface area contributed by atoms with Crippen LogP contribution in [0.3, 0.4) is 0 Å². The molecule has 0 atom stereocenters. The van der Waals surface area contributed by atoms with Gasteiger partial charge in [0.05, 0.1) is 13.2 Å². The van der Waals surface area contributed by atoms with Crippen LogP contribution in [0.25, 0.3) is 11.5 Å². The van der Waals surface area contributed by atoms with Crippen molar-refractivity contribution in [2.75, 3.05) is 0 Å². The number of H-pyrrole nitrogens is 1. The standard InChI is InChI=1S/C10H8N2O2S/c15-10-12-11-9(14-10)6-1-2-7-4-13-5-8(7)3-6/h1-3H,4-5H2,(H,12,15). The van der Waals surface area contributed by atoms with Crippen molar-refractivity contribution in [3.63, 3.8) is 0 Å². The van der Waals surface area contributed by atoms with Gasteiger partial charge in [0.25, 0.3) is 4.84 Å². The van der Waals surface area contributed by atoms with E-state index in [1.54, 1.807) is 0 Å². The second-order valence-corrected chi connectivity index (χ2v) is 3.77.